The highest BCUT2D eigenvalue weighted by Gasteiger charge is 2.16. The maximum absolute atomic E-state index is 13.1. The third kappa shape index (κ3) is 2.95. The summed E-state index contributed by atoms with van der Waals surface area (Å²) in [6, 6.07) is 13.1. The van der Waals surface area contributed by atoms with Gasteiger partial charge >= 0.3 is 0 Å². The van der Waals surface area contributed by atoms with Crippen LogP contribution in [0.15, 0.2) is 53.5 Å². The number of rotatable bonds is 5. The van der Waals surface area contributed by atoms with E-state index in [1.54, 1.807) is 22.9 Å². The van der Waals surface area contributed by atoms with Gasteiger partial charge in [-0.05, 0) is 36.5 Å². The number of ether oxygens (including phenoxy) is 2. The van der Waals surface area contributed by atoms with Crippen molar-refractivity contribution in [2.24, 2.45) is 0 Å². The lowest BCUT2D eigenvalue weighted by Gasteiger charge is -2.12. The smallest absolute Gasteiger partial charge is 0.278 e. The number of H-pyrrole nitrogens is 1. The highest BCUT2D eigenvalue weighted by atomic mass is 32.1. The van der Waals surface area contributed by atoms with Gasteiger partial charge in [-0.15, -0.1) is 0 Å². The van der Waals surface area contributed by atoms with E-state index in [9.17, 15) is 4.79 Å². The number of para-hydroxylation sites is 1. The van der Waals surface area contributed by atoms with Crippen LogP contribution in [0.4, 0.5) is 0 Å². The van der Waals surface area contributed by atoms with Crippen molar-refractivity contribution in [3.05, 3.63) is 69.6 Å². The molecule has 2 heterocycles. The number of benzene rings is 2. The second-order valence-corrected chi connectivity index (χ2v) is 6.38. The van der Waals surface area contributed by atoms with E-state index in [1.807, 2.05) is 30.3 Å². The molecule has 0 unspecified atom stereocenters. The molecular weight excluding hydrogens is 378 g/mol. The zero-order chi connectivity index (χ0) is 19.7. The second-order valence-electron chi connectivity index (χ2n) is 5.99. The molecule has 0 spiro atoms. The van der Waals surface area contributed by atoms with Crippen LogP contribution in [0, 0.1) is 4.77 Å². The Labute approximate surface area is 165 Å². The standard InChI is InChI=1S/C19H17N5O3S/c1-26-14-9-8-12-10-20-23(18(25)16(12)17(14)27-2)11-15-21-22-19(28)24(15)13-6-4-3-5-7-13/h3-10H,11H2,1-2H3,(H,22,28). The van der Waals surface area contributed by atoms with Gasteiger partial charge < -0.3 is 9.47 Å². The number of aromatic nitrogens is 5. The fraction of sp³-hybridized carbons (Fsp3) is 0.158. The van der Waals surface area contributed by atoms with E-state index < -0.39 is 0 Å². The number of fused-ring (bicyclic) bond motifs is 1. The predicted molar refractivity (Wildman–Crippen MR) is 107 cm³/mol. The van der Waals surface area contributed by atoms with Gasteiger partial charge in [0.25, 0.3) is 5.56 Å². The Balaban J connectivity index is 1.86. The van der Waals surface area contributed by atoms with Crippen LogP contribution < -0.4 is 15.0 Å². The monoisotopic (exact) mass is 395 g/mol. The molecular formula is C19H17N5O3S. The molecule has 0 aliphatic rings. The number of hydrogen-bond donors (Lipinski definition) is 1. The molecule has 28 heavy (non-hydrogen) atoms. The van der Waals surface area contributed by atoms with E-state index in [0.29, 0.717) is 32.9 Å². The minimum absolute atomic E-state index is 0.136. The minimum Gasteiger partial charge on any atom is -0.493 e. The van der Waals surface area contributed by atoms with Crippen molar-refractivity contribution < 1.29 is 9.47 Å². The highest BCUT2D eigenvalue weighted by molar-refractivity contribution is 7.71. The highest BCUT2D eigenvalue weighted by Crippen LogP contribution is 2.32. The molecule has 0 aliphatic heterocycles. The summed E-state index contributed by atoms with van der Waals surface area (Å²) in [7, 11) is 3.03. The Kier molecular flexibility index (Phi) is 4.66. The van der Waals surface area contributed by atoms with E-state index in [2.05, 4.69) is 15.3 Å². The molecule has 0 radical (unpaired) electrons. The van der Waals surface area contributed by atoms with E-state index in [0.717, 1.165) is 5.69 Å². The first-order valence-corrected chi connectivity index (χ1v) is 8.87. The average Bonchev–Trinajstić information content (AvgIpc) is 3.09. The SMILES string of the molecule is COc1ccc2cnn(Cc3n[nH]c(=S)n3-c3ccccc3)c(=O)c2c1OC. The van der Waals surface area contributed by atoms with Crippen molar-refractivity contribution in [1.82, 2.24) is 24.5 Å². The summed E-state index contributed by atoms with van der Waals surface area (Å²) < 4.78 is 14.3. The van der Waals surface area contributed by atoms with Crippen molar-refractivity contribution in [2.75, 3.05) is 14.2 Å². The van der Waals surface area contributed by atoms with Crippen LogP contribution >= 0.6 is 12.2 Å². The maximum Gasteiger partial charge on any atom is 0.278 e. The number of hydrogen-bond acceptors (Lipinski definition) is 6. The summed E-state index contributed by atoms with van der Waals surface area (Å²) in [5, 5.41) is 12.4. The Bertz CT molecular complexity index is 1260. The van der Waals surface area contributed by atoms with Crippen molar-refractivity contribution >= 4 is 23.0 Å². The summed E-state index contributed by atoms with van der Waals surface area (Å²) >= 11 is 5.35. The number of nitrogens with one attached hydrogen (secondary N) is 1. The molecule has 4 rings (SSSR count). The molecule has 0 amide bonds. The first-order chi connectivity index (χ1) is 13.6. The lowest BCUT2D eigenvalue weighted by atomic mass is 10.1. The second kappa shape index (κ2) is 7.28. The van der Waals surface area contributed by atoms with E-state index in [1.165, 1.54) is 18.9 Å². The van der Waals surface area contributed by atoms with Gasteiger partial charge in [-0.2, -0.15) is 10.2 Å². The lowest BCUT2D eigenvalue weighted by Crippen LogP contribution is -2.25. The van der Waals surface area contributed by atoms with Gasteiger partial charge in [0.05, 0.1) is 25.8 Å². The summed E-state index contributed by atoms with van der Waals surface area (Å²) in [6.07, 6.45) is 1.62. The molecule has 8 nitrogen and oxygen atoms in total. The molecule has 0 saturated heterocycles. The Morgan fingerprint density at radius 2 is 1.89 bits per heavy atom. The number of nitrogens with zero attached hydrogens (tertiary/aromatic N) is 4. The third-order valence-electron chi connectivity index (χ3n) is 4.41. The van der Waals surface area contributed by atoms with Crippen molar-refractivity contribution in [1.29, 1.82) is 0 Å². The van der Waals surface area contributed by atoms with Gasteiger partial charge in [-0.25, -0.2) is 4.68 Å². The van der Waals surface area contributed by atoms with Crippen LogP contribution in [-0.4, -0.2) is 38.8 Å². The molecule has 0 saturated carbocycles. The van der Waals surface area contributed by atoms with Gasteiger partial charge in [-0.3, -0.25) is 14.5 Å². The number of methoxy groups -OCH3 is 2. The zero-order valence-corrected chi connectivity index (χ0v) is 16.1. The van der Waals surface area contributed by atoms with Crippen LogP contribution in [-0.2, 0) is 6.54 Å². The topological polar surface area (TPSA) is 87.0 Å². The summed E-state index contributed by atoms with van der Waals surface area (Å²) in [6.45, 7) is 0.136. The largest absolute Gasteiger partial charge is 0.493 e. The van der Waals surface area contributed by atoms with E-state index >= 15 is 0 Å². The Morgan fingerprint density at radius 3 is 2.61 bits per heavy atom. The molecule has 0 atom stereocenters. The van der Waals surface area contributed by atoms with Crippen LogP contribution in [0.2, 0.25) is 0 Å². The zero-order valence-electron chi connectivity index (χ0n) is 15.2. The van der Waals surface area contributed by atoms with E-state index in [-0.39, 0.29) is 12.1 Å². The molecule has 9 heteroatoms. The Morgan fingerprint density at radius 1 is 1.11 bits per heavy atom. The molecule has 1 N–H and O–H groups in total. The summed E-state index contributed by atoms with van der Waals surface area (Å²) in [5.41, 5.74) is 0.547. The number of aromatic amines is 1. The van der Waals surface area contributed by atoms with Gasteiger partial charge in [0.15, 0.2) is 22.1 Å². The van der Waals surface area contributed by atoms with Crippen LogP contribution in [0.3, 0.4) is 0 Å². The summed E-state index contributed by atoms with van der Waals surface area (Å²) in [4.78, 5) is 13.1. The normalized spacial score (nSPS) is 10.9. The molecule has 0 fully saturated rings. The van der Waals surface area contributed by atoms with Crippen molar-refractivity contribution in [2.45, 2.75) is 6.54 Å². The van der Waals surface area contributed by atoms with Crippen LogP contribution in [0.5, 0.6) is 11.5 Å². The molecule has 0 bridgehead atoms. The maximum atomic E-state index is 13.1. The van der Waals surface area contributed by atoms with Gasteiger partial charge in [0.1, 0.15) is 6.54 Å². The molecule has 142 valence electrons. The quantitative estimate of drug-likeness (QED) is 0.523. The fourth-order valence-electron chi connectivity index (χ4n) is 3.11. The van der Waals surface area contributed by atoms with Gasteiger partial charge in [0.2, 0.25) is 0 Å². The summed E-state index contributed by atoms with van der Waals surface area (Å²) in [5.74, 6) is 1.42. The van der Waals surface area contributed by atoms with Gasteiger partial charge in [0, 0.05) is 11.1 Å². The third-order valence-corrected chi connectivity index (χ3v) is 4.68. The minimum atomic E-state index is -0.304. The Hall–Kier alpha value is -3.46. The molecule has 0 aliphatic carbocycles. The average molecular weight is 395 g/mol. The van der Waals surface area contributed by atoms with Crippen LogP contribution in [0.1, 0.15) is 5.82 Å². The molecule has 2 aromatic carbocycles. The van der Waals surface area contributed by atoms with Gasteiger partial charge in [-0.1, -0.05) is 18.2 Å². The molecule has 2 aromatic heterocycles. The van der Waals surface area contributed by atoms with Crippen LogP contribution in [0.25, 0.3) is 16.5 Å². The molecule has 4 aromatic rings. The predicted octanol–water partition coefficient (Wildman–Crippen LogP) is 2.71. The first kappa shape index (κ1) is 17.9. The lowest BCUT2D eigenvalue weighted by molar-refractivity contribution is 0.358. The fourth-order valence-corrected chi connectivity index (χ4v) is 3.37. The first-order valence-electron chi connectivity index (χ1n) is 8.46. The van der Waals surface area contributed by atoms with Crippen molar-refractivity contribution in [3.63, 3.8) is 0 Å². The van der Waals surface area contributed by atoms with E-state index in [4.69, 9.17) is 21.7 Å². The van der Waals surface area contributed by atoms with Crippen molar-refractivity contribution in [3.8, 4) is 17.2 Å².